The van der Waals surface area contributed by atoms with Crippen LogP contribution in [0.3, 0.4) is 0 Å². The van der Waals surface area contributed by atoms with Gasteiger partial charge in [0, 0.05) is 19.3 Å². The van der Waals surface area contributed by atoms with E-state index in [0.717, 1.165) is 38.4 Å². The van der Waals surface area contributed by atoms with E-state index >= 15 is 0 Å². The van der Waals surface area contributed by atoms with Gasteiger partial charge < -0.3 is 4.79 Å². The highest BCUT2D eigenvalue weighted by Gasteiger charge is 2.00. The van der Waals surface area contributed by atoms with Gasteiger partial charge in [-0.25, -0.2) is 0 Å². The van der Waals surface area contributed by atoms with Crippen LogP contribution in [0.2, 0.25) is 0 Å². The standard InChI is InChI=1S/C11H20O2/c1-2-3-5-8-11(13)9-6-4-7-10-12/h10H,2-9H2,1H3. The van der Waals surface area contributed by atoms with Crippen molar-refractivity contribution in [3.05, 3.63) is 0 Å². The molecule has 13 heavy (non-hydrogen) atoms. The molecule has 2 heteroatoms. The van der Waals surface area contributed by atoms with Crippen molar-refractivity contribution in [1.29, 1.82) is 0 Å². The van der Waals surface area contributed by atoms with Crippen LogP contribution < -0.4 is 0 Å². The maximum atomic E-state index is 11.2. The Kier molecular flexibility index (Phi) is 8.95. The van der Waals surface area contributed by atoms with Crippen LogP contribution in [0, 0.1) is 0 Å². The average molecular weight is 184 g/mol. The molecule has 0 heterocycles. The summed E-state index contributed by atoms with van der Waals surface area (Å²) in [5, 5.41) is 0. The average Bonchev–Trinajstić information content (AvgIpc) is 2.13. The number of aldehydes is 1. The minimum absolute atomic E-state index is 0.361. The number of hydrogen-bond donors (Lipinski definition) is 0. The molecule has 0 aromatic carbocycles. The highest BCUT2D eigenvalue weighted by molar-refractivity contribution is 5.78. The third kappa shape index (κ3) is 9.25. The molecule has 0 aliphatic rings. The molecule has 0 atom stereocenters. The van der Waals surface area contributed by atoms with Gasteiger partial charge in [-0.05, 0) is 19.3 Å². The summed E-state index contributed by atoms with van der Waals surface area (Å²) < 4.78 is 0. The Bertz CT molecular complexity index is 141. The van der Waals surface area contributed by atoms with E-state index in [1.807, 2.05) is 0 Å². The topological polar surface area (TPSA) is 34.1 Å². The highest BCUT2D eigenvalue weighted by atomic mass is 16.1. The third-order valence-corrected chi connectivity index (χ3v) is 2.09. The molecule has 0 saturated carbocycles. The summed E-state index contributed by atoms with van der Waals surface area (Å²) in [6, 6.07) is 0. The maximum absolute atomic E-state index is 11.2. The lowest BCUT2D eigenvalue weighted by Gasteiger charge is -1.98. The maximum Gasteiger partial charge on any atom is 0.132 e. The third-order valence-electron chi connectivity index (χ3n) is 2.09. The quantitative estimate of drug-likeness (QED) is 0.408. The van der Waals surface area contributed by atoms with Gasteiger partial charge >= 0.3 is 0 Å². The first-order chi connectivity index (χ1) is 6.31. The molecule has 76 valence electrons. The summed E-state index contributed by atoms with van der Waals surface area (Å²) >= 11 is 0. The summed E-state index contributed by atoms with van der Waals surface area (Å²) in [4.78, 5) is 21.2. The van der Waals surface area contributed by atoms with Crippen LogP contribution >= 0.6 is 0 Å². The smallest absolute Gasteiger partial charge is 0.132 e. The molecule has 2 nitrogen and oxygen atoms in total. The van der Waals surface area contributed by atoms with Crippen molar-refractivity contribution < 1.29 is 9.59 Å². The normalized spacial score (nSPS) is 9.92. The Morgan fingerprint density at radius 1 is 1.08 bits per heavy atom. The lowest BCUT2D eigenvalue weighted by atomic mass is 10.1. The van der Waals surface area contributed by atoms with E-state index < -0.39 is 0 Å². The second-order valence-corrected chi connectivity index (χ2v) is 3.41. The van der Waals surface area contributed by atoms with E-state index in [4.69, 9.17) is 0 Å². The molecular formula is C11H20O2. The SMILES string of the molecule is CCCCCC(=O)CCCCC=O. The van der Waals surface area contributed by atoms with E-state index in [1.165, 1.54) is 6.42 Å². The second kappa shape index (κ2) is 9.43. The van der Waals surface area contributed by atoms with Crippen LogP contribution in [-0.2, 0) is 9.59 Å². The van der Waals surface area contributed by atoms with Gasteiger partial charge in [-0.2, -0.15) is 0 Å². The first-order valence-electron chi connectivity index (χ1n) is 5.26. The van der Waals surface area contributed by atoms with Crippen molar-refractivity contribution in [2.45, 2.75) is 58.3 Å². The Labute approximate surface area is 80.7 Å². The number of carbonyl (C=O) groups is 2. The van der Waals surface area contributed by atoms with E-state index in [0.29, 0.717) is 18.6 Å². The van der Waals surface area contributed by atoms with E-state index in [1.54, 1.807) is 0 Å². The van der Waals surface area contributed by atoms with E-state index in [2.05, 4.69) is 6.92 Å². The van der Waals surface area contributed by atoms with Crippen molar-refractivity contribution in [3.8, 4) is 0 Å². The monoisotopic (exact) mass is 184 g/mol. The van der Waals surface area contributed by atoms with Crippen molar-refractivity contribution in [3.63, 3.8) is 0 Å². The first kappa shape index (κ1) is 12.3. The van der Waals surface area contributed by atoms with Crippen molar-refractivity contribution in [2.75, 3.05) is 0 Å². The zero-order valence-corrected chi connectivity index (χ0v) is 8.55. The Morgan fingerprint density at radius 2 is 1.69 bits per heavy atom. The molecule has 0 fully saturated rings. The van der Waals surface area contributed by atoms with E-state index in [9.17, 15) is 9.59 Å². The molecule has 0 aromatic heterocycles. The van der Waals surface area contributed by atoms with Gasteiger partial charge in [0.25, 0.3) is 0 Å². The van der Waals surface area contributed by atoms with Crippen LogP contribution in [0.15, 0.2) is 0 Å². The fraction of sp³-hybridized carbons (Fsp3) is 0.818. The number of rotatable bonds is 9. The zero-order chi connectivity index (χ0) is 9.94. The molecule has 0 bridgehead atoms. The molecule has 0 spiro atoms. The fourth-order valence-electron chi connectivity index (χ4n) is 1.25. The number of ketones is 1. The molecule has 0 amide bonds. The van der Waals surface area contributed by atoms with Gasteiger partial charge in [-0.1, -0.05) is 19.8 Å². The molecule has 0 aliphatic heterocycles. The Hall–Kier alpha value is -0.660. The lowest BCUT2D eigenvalue weighted by molar-refractivity contribution is -0.119. The molecule has 0 radical (unpaired) electrons. The molecule has 0 N–H and O–H groups in total. The van der Waals surface area contributed by atoms with Crippen LogP contribution in [0.25, 0.3) is 0 Å². The van der Waals surface area contributed by atoms with Crippen molar-refractivity contribution in [1.82, 2.24) is 0 Å². The van der Waals surface area contributed by atoms with Crippen molar-refractivity contribution in [2.24, 2.45) is 0 Å². The minimum Gasteiger partial charge on any atom is -0.303 e. The molecule has 0 saturated heterocycles. The lowest BCUT2D eigenvalue weighted by Crippen LogP contribution is -1.97. The van der Waals surface area contributed by atoms with Crippen LogP contribution in [0.1, 0.15) is 58.3 Å². The molecule has 0 aromatic rings. The Balaban J connectivity index is 3.15. The predicted molar refractivity (Wildman–Crippen MR) is 53.7 cm³/mol. The molecule has 0 rings (SSSR count). The number of hydrogen-bond acceptors (Lipinski definition) is 2. The summed E-state index contributed by atoms with van der Waals surface area (Å²) in [6.07, 6.45) is 8.00. The summed E-state index contributed by atoms with van der Waals surface area (Å²) in [5.74, 6) is 0.361. The Morgan fingerprint density at radius 3 is 2.23 bits per heavy atom. The van der Waals surface area contributed by atoms with Gasteiger partial charge in [0.15, 0.2) is 0 Å². The summed E-state index contributed by atoms with van der Waals surface area (Å²) in [6.45, 7) is 2.13. The van der Waals surface area contributed by atoms with Gasteiger partial charge in [0.1, 0.15) is 12.1 Å². The van der Waals surface area contributed by atoms with E-state index in [-0.39, 0.29) is 0 Å². The molecule has 0 aliphatic carbocycles. The van der Waals surface area contributed by atoms with Crippen LogP contribution in [0.4, 0.5) is 0 Å². The largest absolute Gasteiger partial charge is 0.303 e. The van der Waals surface area contributed by atoms with Gasteiger partial charge in [0.2, 0.25) is 0 Å². The molecule has 0 unspecified atom stereocenters. The summed E-state index contributed by atoms with van der Waals surface area (Å²) in [7, 11) is 0. The summed E-state index contributed by atoms with van der Waals surface area (Å²) in [5.41, 5.74) is 0. The zero-order valence-electron chi connectivity index (χ0n) is 8.55. The number of Topliss-reactive ketones (excluding diaryl/α,β-unsaturated/α-hetero) is 1. The van der Waals surface area contributed by atoms with Crippen LogP contribution in [0.5, 0.6) is 0 Å². The number of unbranched alkanes of at least 4 members (excludes halogenated alkanes) is 4. The number of carbonyl (C=O) groups excluding carboxylic acids is 2. The fourth-order valence-corrected chi connectivity index (χ4v) is 1.25. The van der Waals surface area contributed by atoms with Crippen molar-refractivity contribution >= 4 is 12.1 Å². The minimum atomic E-state index is 0.361. The second-order valence-electron chi connectivity index (χ2n) is 3.41. The highest BCUT2D eigenvalue weighted by Crippen LogP contribution is 2.05. The van der Waals surface area contributed by atoms with Crippen LogP contribution in [-0.4, -0.2) is 12.1 Å². The predicted octanol–water partition coefficient (Wildman–Crippen LogP) is 2.90. The van der Waals surface area contributed by atoms with Gasteiger partial charge in [-0.15, -0.1) is 0 Å². The first-order valence-corrected chi connectivity index (χ1v) is 5.26. The van der Waals surface area contributed by atoms with Gasteiger partial charge in [-0.3, -0.25) is 4.79 Å². The van der Waals surface area contributed by atoms with Gasteiger partial charge in [0.05, 0.1) is 0 Å². The molecular weight excluding hydrogens is 164 g/mol.